The van der Waals surface area contributed by atoms with Gasteiger partial charge in [0.25, 0.3) is 0 Å². The standard InChI is InChI=1S/C5H11Cl.CH4.2ClH/c1-2-3-4-5-6;;;/h2-5H2,1H3;1H4;2*1H. The van der Waals surface area contributed by atoms with Gasteiger partial charge in [-0.1, -0.05) is 27.2 Å². The summed E-state index contributed by atoms with van der Waals surface area (Å²) >= 11 is 5.38. The van der Waals surface area contributed by atoms with Gasteiger partial charge >= 0.3 is 0 Å². The number of hydrogen-bond acceptors (Lipinski definition) is 0. The molecule has 0 spiro atoms. The van der Waals surface area contributed by atoms with Gasteiger partial charge in [-0.25, -0.2) is 0 Å². The van der Waals surface area contributed by atoms with Crippen LogP contribution in [0.2, 0.25) is 0 Å². The Labute approximate surface area is 76.2 Å². The molecule has 0 saturated heterocycles. The van der Waals surface area contributed by atoms with E-state index < -0.39 is 0 Å². The second kappa shape index (κ2) is 23.2. The molecule has 0 unspecified atom stereocenters. The van der Waals surface area contributed by atoms with Crippen LogP contribution in [0.1, 0.15) is 33.6 Å². The Hall–Kier alpha value is 0.870. The Morgan fingerprint density at radius 3 is 1.67 bits per heavy atom. The van der Waals surface area contributed by atoms with E-state index in [1.807, 2.05) is 0 Å². The highest BCUT2D eigenvalue weighted by Gasteiger charge is 1.76. The van der Waals surface area contributed by atoms with Crippen molar-refractivity contribution in [2.45, 2.75) is 33.6 Å². The van der Waals surface area contributed by atoms with Gasteiger partial charge in [-0.2, -0.15) is 0 Å². The van der Waals surface area contributed by atoms with E-state index in [0.29, 0.717) is 0 Å². The quantitative estimate of drug-likeness (QED) is 0.473. The van der Waals surface area contributed by atoms with Crippen molar-refractivity contribution >= 4 is 36.4 Å². The smallest absolute Gasteiger partial charge is 0.0223 e. The van der Waals surface area contributed by atoms with E-state index in [2.05, 4.69) is 6.92 Å². The maximum atomic E-state index is 5.38. The lowest BCUT2D eigenvalue weighted by Crippen LogP contribution is -1.70. The molecule has 62 valence electrons. The second-order valence-electron chi connectivity index (χ2n) is 1.40. The zero-order chi connectivity index (χ0) is 4.83. The van der Waals surface area contributed by atoms with Gasteiger partial charge in [-0.15, -0.1) is 36.4 Å². The van der Waals surface area contributed by atoms with Gasteiger partial charge in [0, 0.05) is 5.88 Å². The van der Waals surface area contributed by atoms with Crippen molar-refractivity contribution in [3.63, 3.8) is 0 Å². The van der Waals surface area contributed by atoms with Crippen LogP contribution in [0.4, 0.5) is 0 Å². The summed E-state index contributed by atoms with van der Waals surface area (Å²) in [5.74, 6) is 0.827. The molecule has 0 bridgehead atoms. The molecule has 0 amide bonds. The molecule has 0 rings (SSSR count). The predicted octanol–water partition coefficient (Wildman–Crippen LogP) is 3.90. The summed E-state index contributed by atoms with van der Waals surface area (Å²) in [6.07, 6.45) is 3.73. The largest absolute Gasteiger partial charge is 0.147 e. The van der Waals surface area contributed by atoms with Gasteiger partial charge in [0.1, 0.15) is 0 Å². The number of alkyl halides is 1. The Morgan fingerprint density at radius 2 is 1.56 bits per heavy atom. The molecule has 3 heteroatoms. The van der Waals surface area contributed by atoms with E-state index in [0.717, 1.165) is 5.88 Å². The lowest BCUT2D eigenvalue weighted by Gasteiger charge is -1.84. The molecule has 0 N–H and O–H groups in total. The first-order valence-corrected chi connectivity index (χ1v) is 3.01. The van der Waals surface area contributed by atoms with Crippen molar-refractivity contribution < 1.29 is 0 Å². The first kappa shape index (κ1) is 22.5. The van der Waals surface area contributed by atoms with Gasteiger partial charge in [-0.3, -0.25) is 0 Å². The topological polar surface area (TPSA) is 0 Å². The monoisotopic (exact) mass is 194 g/mol. The fourth-order valence-electron chi connectivity index (χ4n) is 0.344. The third-order valence-corrected chi connectivity index (χ3v) is 1.00. The molecule has 0 fully saturated rings. The van der Waals surface area contributed by atoms with Crippen LogP contribution in [-0.2, 0) is 0 Å². The van der Waals surface area contributed by atoms with Crippen LogP contribution >= 0.6 is 36.4 Å². The Balaban J connectivity index is -0.0000000417. The third-order valence-electron chi connectivity index (χ3n) is 0.737. The molecular formula is C6H17Cl3. The molecule has 0 aromatic rings. The summed E-state index contributed by atoms with van der Waals surface area (Å²) in [6.45, 7) is 2.17. The van der Waals surface area contributed by atoms with Crippen molar-refractivity contribution in [2.75, 3.05) is 5.88 Å². The fraction of sp³-hybridized carbons (Fsp3) is 1.00. The number of hydrogen-bond donors (Lipinski definition) is 0. The molecule has 0 heterocycles. The van der Waals surface area contributed by atoms with Crippen LogP contribution < -0.4 is 0 Å². The van der Waals surface area contributed by atoms with Crippen LogP contribution in [0.25, 0.3) is 0 Å². The zero-order valence-electron chi connectivity index (χ0n) is 5.02. The molecule has 0 atom stereocenters. The number of rotatable bonds is 3. The van der Waals surface area contributed by atoms with Gasteiger partial charge in [-0.05, 0) is 6.42 Å². The zero-order valence-corrected chi connectivity index (χ0v) is 7.41. The van der Waals surface area contributed by atoms with E-state index in [4.69, 9.17) is 11.6 Å². The number of unbranched alkanes of at least 4 members (excludes halogenated alkanes) is 2. The SMILES string of the molecule is C.CCCCCCl.Cl.Cl. The molecule has 0 saturated carbocycles. The minimum absolute atomic E-state index is 0. The predicted molar refractivity (Wildman–Crippen MR) is 51.5 cm³/mol. The van der Waals surface area contributed by atoms with Gasteiger partial charge in [0.15, 0.2) is 0 Å². The van der Waals surface area contributed by atoms with E-state index in [9.17, 15) is 0 Å². The van der Waals surface area contributed by atoms with Crippen LogP contribution in [0, 0.1) is 0 Å². The molecular weight excluding hydrogens is 178 g/mol. The summed E-state index contributed by atoms with van der Waals surface area (Å²) in [6, 6.07) is 0. The lowest BCUT2D eigenvalue weighted by molar-refractivity contribution is 0.776. The van der Waals surface area contributed by atoms with Gasteiger partial charge in [0.05, 0.1) is 0 Å². The van der Waals surface area contributed by atoms with Crippen LogP contribution in [-0.4, -0.2) is 5.88 Å². The summed E-state index contributed by atoms with van der Waals surface area (Å²) < 4.78 is 0. The van der Waals surface area contributed by atoms with Crippen LogP contribution in [0.3, 0.4) is 0 Å². The van der Waals surface area contributed by atoms with E-state index in [1.165, 1.54) is 19.3 Å². The van der Waals surface area contributed by atoms with Gasteiger partial charge in [0.2, 0.25) is 0 Å². The van der Waals surface area contributed by atoms with Crippen molar-refractivity contribution in [3.8, 4) is 0 Å². The maximum Gasteiger partial charge on any atom is 0.0223 e. The van der Waals surface area contributed by atoms with Crippen molar-refractivity contribution in [1.29, 1.82) is 0 Å². The minimum atomic E-state index is 0. The van der Waals surface area contributed by atoms with Crippen molar-refractivity contribution in [3.05, 3.63) is 0 Å². The lowest BCUT2D eigenvalue weighted by atomic mass is 10.3. The Bertz CT molecular complexity index is 20.3. The summed E-state index contributed by atoms with van der Waals surface area (Å²) in [7, 11) is 0. The second-order valence-corrected chi connectivity index (χ2v) is 1.77. The minimum Gasteiger partial charge on any atom is -0.147 e. The average molecular weight is 196 g/mol. The van der Waals surface area contributed by atoms with Crippen molar-refractivity contribution in [1.82, 2.24) is 0 Å². The summed E-state index contributed by atoms with van der Waals surface area (Å²) in [5.41, 5.74) is 0. The molecule has 0 aromatic carbocycles. The van der Waals surface area contributed by atoms with Crippen LogP contribution in [0.15, 0.2) is 0 Å². The highest BCUT2D eigenvalue weighted by molar-refractivity contribution is 6.17. The Kier molecular flexibility index (Phi) is 58.0. The molecule has 0 radical (unpaired) electrons. The summed E-state index contributed by atoms with van der Waals surface area (Å²) in [5, 5.41) is 0. The van der Waals surface area contributed by atoms with E-state index >= 15 is 0 Å². The van der Waals surface area contributed by atoms with E-state index in [-0.39, 0.29) is 32.2 Å². The molecule has 0 aliphatic carbocycles. The molecule has 0 aliphatic rings. The first-order valence-electron chi connectivity index (χ1n) is 2.47. The van der Waals surface area contributed by atoms with E-state index in [1.54, 1.807) is 0 Å². The first-order chi connectivity index (χ1) is 2.91. The highest BCUT2D eigenvalue weighted by Crippen LogP contribution is 1.93. The molecule has 9 heavy (non-hydrogen) atoms. The highest BCUT2D eigenvalue weighted by atomic mass is 35.5. The third kappa shape index (κ3) is 28.0. The molecule has 0 aromatic heterocycles. The fourth-order valence-corrected chi connectivity index (χ4v) is 0.533. The normalized spacial score (nSPS) is 6.00. The van der Waals surface area contributed by atoms with Crippen LogP contribution in [0.5, 0.6) is 0 Å². The summed E-state index contributed by atoms with van der Waals surface area (Å²) in [4.78, 5) is 0. The molecule has 0 nitrogen and oxygen atoms in total. The van der Waals surface area contributed by atoms with Crippen molar-refractivity contribution in [2.24, 2.45) is 0 Å². The number of halogens is 3. The average Bonchev–Trinajstić information content (AvgIpc) is 1.61. The Morgan fingerprint density at radius 1 is 1.11 bits per heavy atom. The maximum absolute atomic E-state index is 5.38. The molecule has 0 aliphatic heterocycles. The van der Waals surface area contributed by atoms with Gasteiger partial charge < -0.3 is 0 Å².